The van der Waals surface area contributed by atoms with Crippen LogP contribution in [0.1, 0.15) is 39.7 Å². The van der Waals surface area contributed by atoms with E-state index in [1.165, 1.54) is 0 Å². The zero-order chi connectivity index (χ0) is 13.8. The highest BCUT2D eigenvalue weighted by atomic mass is 32.2. The minimum absolute atomic E-state index is 0.0567. The third-order valence-corrected chi connectivity index (χ3v) is 4.49. The zero-order valence-electron chi connectivity index (χ0n) is 11.9. The van der Waals surface area contributed by atoms with Gasteiger partial charge in [0.15, 0.2) is 0 Å². The number of hydrogen-bond donors (Lipinski definition) is 0. The number of rotatable bonds is 5. The van der Waals surface area contributed by atoms with Crippen LogP contribution in [-0.4, -0.2) is 18.3 Å². The summed E-state index contributed by atoms with van der Waals surface area (Å²) < 4.78 is 0. The van der Waals surface area contributed by atoms with E-state index >= 15 is 0 Å². The second kappa shape index (κ2) is 6.15. The number of benzene rings is 1. The van der Waals surface area contributed by atoms with Gasteiger partial charge >= 0.3 is 0 Å². The Morgan fingerprint density at radius 1 is 1.33 bits per heavy atom. The van der Waals surface area contributed by atoms with Crippen LogP contribution in [0.2, 0.25) is 0 Å². The van der Waals surface area contributed by atoms with Crippen LogP contribution in [0.3, 0.4) is 0 Å². The summed E-state index contributed by atoms with van der Waals surface area (Å²) in [4.78, 5) is 3.29. The fourth-order valence-electron chi connectivity index (χ4n) is 1.75. The molecule has 0 saturated carbocycles. The molecule has 18 heavy (non-hydrogen) atoms. The van der Waals surface area contributed by atoms with E-state index in [4.69, 9.17) is 0 Å². The van der Waals surface area contributed by atoms with Crippen molar-refractivity contribution in [2.75, 3.05) is 17.7 Å². The normalized spacial score (nSPS) is 11.1. The molecule has 0 radical (unpaired) electrons. The van der Waals surface area contributed by atoms with E-state index < -0.39 is 0 Å². The van der Waals surface area contributed by atoms with Gasteiger partial charge in [0, 0.05) is 17.5 Å². The van der Waals surface area contributed by atoms with E-state index in [9.17, 15) is 5.26 Å². The van der Waals surface area contributed by atoms with E-state index in [0.29, 0.717) is 0 Å². The molecule has 0 amide bonds. The fraction of sp³-hybridized carbons (Fsp3) is 0.533. The molecule has 1 aromatic rings. The summed E-state index contributed by atoms with van der Waals surface area (Å²) in [7, 11) is 2.07. The Morgan fingerprint density at radius 3 is 2.50 bits per heavy atom. The van der Waals surface area contributed by atoms with Gasteiger partial charge in [-0.2, -0.15) is 5.26 Å². The lowest BCUT2D eigenvalue weighted by Crippen LogP contribution is -2.41. The number of nitriles is 1. The van der Waals surface area contributed by atoms with E-state index in [1.54, 1.807) is 11.8 Å². The van der Waals surface area contributed by atoms with Gasteiger partial charge in [-0.05, 0) is 38.2 Å². The van der Waals surface area contributed by atoms with Gasteiger partial charge in [-0.1, -0.05) is 19.9 Å². The molecule has 2 nitrogen and oxygen atoms in total. The first-order chi connectivity index (χ1) is 8.47. The molecule has 1 rings (SSSR count). The van der Waals surface area contributed by atoms with Crippen molar-refractivity contribution in [2.24, 2.45) is 0 Å². The van der Waals surface area contributed by atoms with Crippen molar-refractivity contribution in [3.8, 4) is 6.07 Å². The quantitative estimate of drug-likeness (QED) is 0.740. The lowest BCUT2D eigenvalue weighted by Gasteiger charge is -2.37. The van der Waals surface area contributed by atoms with E-state index in [0.717, 1.165) is 28.3 Å². The van der Waals surface area contributed by atoms with Gasteiger partial charge in [-0.3, -0.25) is 0 Å². The summed E-state index contributed by atoms with van der Waals surface area (Å²) in [6, 6.07) is 8.47. The smallest absolute Gasteiger partial charge is 0.103 e. The first kappa shape index (κ1) is 14.9. The van der Waals surface area contributed by atoms with Crippen LogP contribution in [0, 0.1) is 11.3 Å². The predicted octanol–water partition coefficient (Wildman–Crippen LogP) is 4.30. The minimum Gasteiger partial charge on any atom is -0.368 e. The van der Waals surface area contributed by atoms with Crippen LogP contribution >= 0.6 is 11.8 Å². The van der Waals surface area contributed by atoms with Gasteiger partial charge in [-0.25, -0.2) is 0 Å². The van der Waals surface area contributed by atoms with Crippen molar-refractivity contribution < 1.29 is 0 Å². The van der Waals surface area contributed by atoms with Crippen molar-refractivity contribution in [1.29, 1.82) is 5.26 Å². The highest BCUT2D eigenvalue weighted by molar-refractivity contribution is 7.99. The maximum Gasteiger partial charge on any atom is 0.103 e. The van der Waals surface area contributed by atoms with E-state index in [1.807, 2.05) is 18.2 Å². The molecule has 0 fully saturated rings. The van der Waals surface area contributed by atoms with E-state index in [-0.39, 0.29) is 5.54 Å². The SMILES string of the molecule is CCSc1cccc(N(C)C(C)(C)CC)c1C#N. The highest BCUT2D eigenvalue weighted by Crippen LogP contribution is 2.33. The van der Waals surface area contributed by atoms with Gasteiger partial charge in [0.25, 0.3) is 0 Å². The number of hydrogen-bond acceptors (Lipinski definition) is 3. The maximum atomic E-state index is 9.42. The van der Waals surface area contributed by atoms with Crippen molar-refractivity contribution >= 4 is 17.4 Å². The highest BCUT2D eigenvalue weighted by Gasteiger charge is 2.24. The third-order valence-electron chi connectivity index (χ3n) is 3.55. The van der Waals surface area contributed by atoms with Crippen LogP contribution in [0.25, 0.3) is 0 Å². The molecule has 0 unspecified atom stereocenters. The van der Waals surface area contributed by atoms with Gasteiger partial charge in [0.1, 0.15) is 6.07 Å². The van der Waals surface area contributed by atoms with Crippen LogP contribution in [0.5, 0.6) is 0 Å². The monoisotopic (exact) mass is 262 g/mol. The molecule has 0 aliphatic rings. The molecular formula is C15H22N2S. The molecule has 3 heteroatoms. The Balaban J connectivity index is 3.25. The molecule has 0 N–H and O–H groups in total. The number of nitrogens with zero attached hydrogens (tertiary/aromatic N) is 2. The summed E-state index contributed by atoms with van der Waals surface area (Å²) in [5.41, 5.74) is 1.89. The van der Waals surface area contributed by atoms with Gasteiger partial charge in [-0.15, -0.1) is 11.8 Å². The average Bonchev–Trinajstić information content (AvgIpc) is 2.38. The second-order valence-electron chi connectivity index (χ2n) is 4.92. The molecule has 0 aromatic heterocycles. The van der Waals surface area contributed by atoms with Crippen molar-refractivity contribution in [2.45, 2.75) is 44.6 Å². The maximum absolute atomic E-state index is 9.42. The Bertz CT molecular complexity index is 446. The van der Waals surface area contributed by atoms with Gasteiger partial charge in [0.05, 0.1) is 11.3 Å². The molecule has 0 bridgehead atoms. The van der Waals surface area contributed by atoms with Crippen molar-refractivity contribution in [3.05, 3.63) is 23.8 Å². The molecule has 1 aromatic carbocycles. The summed E-state index contributed by atoms with van der Waals surface area (Å²) in [6.07, 6.45) is 1.04. The summed E-state index contributed by atoms with van der Waals surface area (Å²) >= 11 is 1.73. The van der Waals surface area contributed by atoms with Crippen molar-refractivity contribution in [1.82, 2.24) is 0 Å². The molecule has 0 aliphatic heterocycles. The third kappa shape index (κ3) is 3.00. The average molecular weight is 262 g/mol. The molecule has 0 saturated heterocycles. The summed E-state index contributed by atoms with van der Waals surface area (Å²) in [6.45, 7) is 8.69. The lowest BCUT2D eigenvalue weighted by atomic mass is 9.98. The Hall–Kier alpha value is -1.14. The first-order valence-corrected chi connectivity index (χ1v) is 7.36. The van der Waals surface area contributed by atoms with Gasteiger partial charge in [0.2, 0.25) is 0 Å². The van der Waals surface area contributed by atoms with Crippen LogP contribution in [0.4, 0.5) is 5.69 Å². The zero-order valence-corrected chi connectivity index (χ0v) is 12.8. The largest absolute Gasteiger partial charge is 0.368 e. The van der Waals surface area contributed by atoms with Crippen LogP contribution in [-0.2, 0) is 0 Å². The first-order valence-electron chi connectivity index (χ1n) is 6.37. The summed E-state index contributed by atoms with van der Waals surface area (Å²) in [5, 5.41) is 9.42. The number of anilines is 1. The minimum atomic E-state index is 0.0567. The molecule has 98 valence electrons. The topological polar surface area (TPSA) is 27.0 Å². The fourth-order valence-corrected chi connectivity index (χ4v) is 2.53. The summed E-state index contributed by atoms with van der Waals surface area (Å²) in [5.74, 6) is 0.985. The van der Waals surface area contributed by atoms with E-state index in [2.05, 4.69) is 45.7 Å². The number of thioether (sulfide) groups is 1. The molecular weight excluding hydrogens is 240 g/mol. The Morgan fingerprint density at radius 2 is 2.00 bits per heavy atom. The van der Waals surface area contributed by atoms with Gasteiger partial charge < -0.3 is 4.90 Å². The molecule has 0 aliphatic carbocycles. The molecule has 0 atom stereocenters. The Labute approximate surface area is 115 Å². The molecule has 0 heterocycles. The Kier molecular flexibility index (Phi) is 5.10. The predicted molar refractivity (Wildman–Crippen MR) is 80.3 cm³/mol. The van der Waals surface area contributed by atoms with Crippen LogP contribution < -0.4 is 4.90 Å². The second-order valence-corrected chi connectivity index (χ2v) is 6.23. The standard InChI is InChI=1S/C15H22N2S/c1-6-15(3,4)17(5)13-9-8-10-14(18-7-2)12(13)11-16/h8-10H,6-7H2,1-5H3. The molecule has 0 spiro atoms. The lowest BCUT2D eigenvalue weighted by molar-refractivity contribution is 0.470. The van der Waals surface area contributed by atoms with Crippen molar-refractivity contribution in [3.63, 3.8) is 0 Å². The van der Waals surface area contributed by atoms with Crippen LogP contribution in [0.15, 0.2) is 23.1 Å².